The van der Waals surface area contributed by atoms with E-state index in [1.165, 1.54) is 9.80 Å². The minimum atomic E-state index is -1.46. The predicted molar refractivity (Wildman–Crippen MR) is 142 cm³/mol. The van der Waals surface area contributed by atoms with Crippen molar-refractivity contribution in [2.45, 2.75) is 18.5 Å². The van der Waals surface area contributed by atoms with Crippen molar-refractivity contribution in [2.75, 3.05) is 23.4 Å². The lowest BCUT2D eigenvalue weighted by Gasteiger charge is -2.42. The summed E-state index contributed by atoms with van der Waals surface area (Å²) in [5.74, 6) is -0.239. The highest BCUT2D eigenvalue weighted by Gasteiger charge is 2.46. The number of carbonyl (C=O) groups excluding carboxylic acids is 2. The van der Waals surface area contributed by atoms with Gasteiger partial charge in [-0.05, 0) is 42.8 Å². The number of urea groups is 1. The van der Waals surface area contributed by atoms with Crippen LogP contribution in [0.5, 0.6) is 0 Å². The van der Waals surface area contributed by atoms with E-state index >= 15 is 0 Å². The highest BCUT2D eigenvalue weighted by molar-refractivity contribution is 6.32. The Bertz CT molecular complexity index is 1300. The third kappa shape index (κ3) is 5.10. The first-order valence-corrected chi connectivity index (χ1v) is 11.9. The first kappa shape index (κ1) is 25.3. The molecule has 186 valence electrons. The van der Waals surface area contributed by atoms with Crippen LogP contribution in [0.4, 0.5) is 16.2 Å². The zero-order valence-electron chi connectivity index (χ0n) is 19.7. The Labute approximate surface area is 219 Å². The number of nitrogens with one attached hydrogen (secondary N) is 1. The van der Waals surface area contributed by atoms with E-state index in [4.69, 9.17) is 33.7 Å². The summed E-state index contributed by atoms with van der Waals surface area (Å²) in [6.07, 6.45) is 3.15. The second-order valence-electron chi connectivity index (χ2n) is 8.28. The molecule has 10 heteroatoms. The maximum absolute atomic E-state index is 13.5. The normalized spacial score (nSPS) is 16.8. The molecular formula is C26H25Cl2N5O3. The number of fused-ring (bicyclic) bond motifs is 1. The van der Waals surface area contributed by atoms with Gasteiger partial charge in [0, 0.05) is 35.7 Å². The highest BCUT2D eigenvalue weighted by atomic mass is 35.5. The smallest absolute Gasteiger partial charge is 0.322 e. The third-order valence-electron chi connectivity index (χ3n) is 5.79. The number of hydrogen-bond acceptors (Lipinski definition) is 5. The summed E-state index contributed by atoms with van der Waals surface area (Å²) in [5.41, 5.74) is 9.27. The van der Waals surface area contributed by atoms with Gasteiger partial charge < -0.3 is 15.8 Å². The zero-order valence-corrected chi connectivity index (χ0v) is 21.3. The number of hydrogen-bond donors (Lipinski definition) is 2. The van der Waals surface area contributed by atoms with Crippen molar-refractivity contribution in [1.82, 2.24) is 10.3 Å². The van der Waals surface area contributed by atoms with Gasteiger partial charge in [0.25, 0.3) is 0 Å². The minimum absolute atomic E-state index is 0.199. The number of benzene rings is 2. The number of aromatic nitrogens is 1. The van der Waals surface area contributed by atoms with Gasteiger partial charge >= 0.3 is 6.03 Å². The number of pyridine rings is 1. The van der Waals surface area contributed by atoms with Gasteiger partial charge in [0.2, 0.25) is 5.91 Å². The van der Waals surface area contributed by atoms with Crippen molar-refractivity contribution < 1.29 is 14.3 Å². The van der Waals surface area contributed by atoms with Crippen molar-refractivity contribution in [1.29, 1.82) is 0 Å². The molecule has 0 bridgehead atoms. The van der Waals surface area contributed by atoms with Gasteiger partial charge in [0.15, 0.2) is 10.8 Å². The largest absolute Gasteiger partial charge is 0.487 e. The van der Waals surface area contributed by atoms with Gasteiger partial charge in [-0.15, -0.1) is 0 Å². The van der Waals surface area contributed by atoms with Crippen LogP contribution in [0.25, 0.3) is 5.70 Å². The molecule has 2 aromatic carbocycles. The standard InChI is InChI=1S/C26H25Cl2N5O3/c1-26(28)24(36-16-17-6-4-3-5-7-17)23(29)20-14-18(27)8-9-21(20)33(26)22(34)15-31-25(35)32(2)19-10-12-30-13-11-19/h3-14H,15-16,29H2,1-2H3,(H,31,35). The zero-order chi connectivity index (χ0) is 25.9. The Balaban J connectivity index is 1.59. The van der Waals surface area contributed by atoms with E-state index in [-0.39, 0.29) is 24.6 Å². The van der Waals surface area contributed by atoms with E-state index in [1.54, 1.807) is 56.7 Å². The number of nitrogens with two attached hydrogens (primary N) is 1. The number of amides is 3. The molecule has 4 rings (SSSR count). The molecule has 0 saturated carbocycles. The topological polar surface area (TPSA) is 101 Å². The number of anilines is 2. The summed E-state index contributed by atoms with van der Waals surface area (Å²) in [4.78, 5) is 31.4. The summed E-state index contributed by atoms with van der Waals surface area (Å²) in [5, 5.41) is 3.09. The van der Waals surface area contributed by atoms with Crippen LogP contribution >= 0.6 is 23.2 Å². The average Bonchev–Trinajstić information content (AvgIpc) is 2.88. The fraction of sp³-hybridized carbons (Fsp3) is 0.192. The molecule has 0 aliphatic carbocycles. The van der Waals surface area contributed by atoms with Crippen molar-refractivity contribution in [2.24, 2.45) is 5.73 Å². The maximum Gasteiger partial charge on any atom is 0.322 e. The van der Waals surface area contributed by atoms with E-state index in [2.05, 4.69) is 10.3 Å². The third-order valence-corrected chi connectivity index (χ3v) is 6.37. The summed E-state index contributed by atoms with van der Waals surface area (Å²) >= 11 is 13.2. The van der Waals surface area contributed by atoms with E-state index in [0.29, 0.717) is 22.0 Å². The van der Waals surface area contributed by atoms with Crippen LogP contribution in [0.15, 0.2) is 78.8 Å². The van der Waals surface area contributed by atoms with E-state index < -0.39 is 16.9 Å². The molecule has 0 spiro atoms. The van der Waals surface area contributed by atoms with Crippen LogP contribution in [-0.2, 0) is 16.1 Å². The van der Waals surface area contributed by atoms with Gasteiger partial charge in [0.1, 0.15) is 6.61 Å². The second-order valence-corrected chi connectivity index (χ2v) is 9.46. The maximum atomic E-state index is 13.5. The number of carbonyl (C=O) groups is 2. The lowest BCUT2D eigenvalue weighted by atomic mass is 9.98. The number of halogens is 2. The highest BCUT2D eigenvalue weighted by Crippen LogP contribution is 2.45. The van der Waals surface area contributed by atoms with E-state index in [9.17, 15) is 9.59 Å². The SMILES string of the molecule is CN(C(=O)NCC(=O)N1c2ccc(Cl)cc2C(N)=C(OCc2ccccc2)C1(C)Cl)c1ccncc1. The van der Waals surface area contributed by atoms with Crippen molar-refractivity contribution in [3.05, 3.63) is 95.0 Å². The Kier molecular flexibility index (Phi) is 7.37. The predicted octanol–water partition coefficient (Wildman–Crippen LogP) is 4.73. The lowest BCUT2D eigenvalue weighted by molar-refractivity contribution is -0.118. The molecule has 3 N–H and O–H groups in total. The molecule has 1 aliphatic rings. The molecule has 8 nitrogen and oxygen atoms in total. The Morgan fingerprint density at radius 1 is 1.14 bits per heavy atom. The van der Waals surface area contributed by atoms with Gasteiger partial charge in [0.05, 0.1) is 17.9 Å². The van der Waals surface area contributed by atoms with Gasteiger partial charge in [-0.25, -0.2) is 4.79 Å². The van der Waals surface area contributed by atoms with Gasteiger partial charge in [-0.3, -0.25) is 19.6 Å². The summed E-state index contributed by atoms with van der Waals surface area (Å²) in [6, 6.07) is 17.4. The van der Waals surface area contributed by atoms with Gasteiger partial charge in [-0.1, -0.05) is 53.5 Å². The van der Waals surface area contributed by atoms with Crippen LogP contribution in [-0.4, -0.2) is 35.5 Å². The Hall–Kier alpha value is -3.75. The van der Waals surface area contributed by atoms with Crippen LogP contribution in [0.3, 0.4) is 0 Å². The minimum Gasteiger partial charge on any atom is -0.487 e. The number of alkyl halides is 1. The molecule has 3 amide bonds. The fourth-order valence-corrected chi connectivity index (χ4v) is 4.47. The van der Waals surface area contributed by atoms with Crippen LogP contribution in [0.1, 0.15) is 18.1 Å². The molecule has 1 aliphatic heterocycles. The van der Waals surface area contributed by atoms with Crippen LogP contribution in [0.2, 0.25) is 5.02 Å². The molecule has 0 saturated heterocycles. The summed E-state index contributed by atoms with van der Waals surface area (Å²) < 4.78 is 6.08. The van der Waals surface area contributed by atoms with Crippen molar-refractivity contribution in [3.8, 4) is 0 Å². The quantitative estimate of drug-likeness (QED) is 0.358. The lowest BCUT2D eigenvalue weighted by Crippen LogP contribution is -2.54. The first-order chi connectivity index (χ1) is 17.2. The van der Waals surface area contributed by atoms with Crippen LogP contribution in [0, 0.1) is 0 Å². The Morgan fingerprint density at radius 2 is 1.83 bits per heavy atom. The van der Waals surface area contributed by atoms with Crippen LogP contribution < -0.4 is 20.9 Å². The molecular weight excluding hydrogens is 501 g/mol. The molecule has 0 fully saturated rings. The number of ether oxygens (including phenoxy) is 1. The summed E-state index contributed by atoms with van der Waals surface area (Å²) in [6.45, 7) is 1.51. The second kappa shape index (κ2) is 10.5. The monoisotopic (exact) mass is 525 g/mol. The van der Waals surface area contributed by atoms with E-state index in [1.807, 2.05) is 30.3 Å². The average molecular weight is 526 g/mol. The number of rotatable bonds is 6. The molecule has 3 aromatic rings. The van der Waals surface area contributed by atoms with E-state index in [0.717, 1.165) is 5.56 Å². The van der Waals surface area contributed by atoms with Crippen molar-refractivity contribution >= 4 is 52.2 Å². The number of nitrogens with zero attached hydrogens (tertiary/aromatic N) is 3. The molecule has 36 heavy (non-hydrogen) atoms. The molecule has 2 heterocycles. The molecule has 1 atom stereocenters. The Morgan fingerprint density at radius 3 is 2.53 bits per heavy atom. The van der Waals surface area contributed by atoms with Crippen molar-refractivity contribution in [3.63, 3.8) is 0 Å². The molecule has 1 aromatic heterocycles. The molecule has 0 radical (unpaired) electrons. The first-order valence-electron chi connectivity index (χ1n) is 11.1. The molecule has 1 unspecified atom stereocenters. The summed E-state index contributed by atoms with van der Waals surface area (Å²) in [7, 11) is 1.60. The van der Waals surface area contributed by atoms with Gasteiger partial charge in [-0.2, -0.15) is 0 Å². The fourth-order valence-electron chi connectivity index (χ4n) is 3.96.